The third kappa shape index (κ3) is 3.96. The molecule has 0 aliphatic heterocycles. The van der Waals surface area contributed by atoms with E-state index in [2.05, 4.69) is 9.97 Å². The second kappa shape index (κ2) is 6.75. The van der Waals surface area contributed by atoms with E-state index in [1.54, 1.807) is 24.4 Å². The van der Waals surface area contributed by atoms with Gasteiger partial charge in [0.05, 0.1) is 11.6 Å². The number of carboxylic acid groups (broad SMARTS) is 1. The van der Waals surface area contributed by atoms with Crippen LogP contribution in [0.2, 0.25) is 0 Å². The number of carbonyl (C=O) groups is 1. The van der Waals surface area contributed by atoms with Crippen LogP contribution in [0.3, 0.4) is 0 Å². The number of rotatable bonds is 6. The summed E-state index contributed by atoms with van der Waals surface area (Å²) < 4.78 is 5.48. The highest BCUT2D eigenvalue weighted by molar-refractivity contribution is 7.99. The van der Waals surface area contributed by atoms with Gasteiger partial charge in [0.1, 0.15) is 17.6 Å². The maximum atomic E-state index is 11.0. The molecule has 5 nitrogen and oxygen atoms in total. The number of nitrogens with zero attached hydrogens (tertiary/aromatic N) is 2. The van der Waals surface area contributed by atoms with Crippen LogP contribution in [-0.2, 0) is 0 Å². The first-order valence-electron chi connectivity index (χ1n) is 5.61. The SMILES string of the molecule is O=C(O)c1ccccc1OCCSc1ccncn1. The average molecular weight is 276 g/mol. The fourth-order valence-corrected chi connectivity index (χ4v) is 2.09. The van der Waals surface area contributed by atoms with Crippen LogP contribution in [0.15, 0.2) is 47.9 Å². The Morgan fingerprint density at radius 2 is 2.16 bits per heavy atom. The summed E-state index contributed by atoms with van der Waals surface area (Å²) in [4.78, 5) is 18.9. The van der Waals surface area contributed by atoms with Crippen molar-refractivity contribution in [3.8, 4) is 5.75 Å². The maximum Gasteiger partial charge on any atom is 0.339 e. The van der Waals surface area contributed by atoms with E-state index in [1.165, 1.54) is 24.2 Å². The molecule has 98 valence electrons. The largest absolute Gasteiger partial charge is 0.492 e. The molecule has 0 fully saturated rings. The molecule has 2 rings (SSSR count). The van der Waals surface area contributed by atoms with E-state index in [1.807, 2.05) is 6.07 Å². The summed E-state index contributed by atoms with van der Waals surface area (Å²) in [5.41, 5.74) is 0.175. The first kappa shape index (κ1) is 13.4. The van der Waals surface area contributed by atoms with Crippen molar-refractivity contribution in [2.45, 2.75) is 5.03 Å². The number of carboxylic acids is 1. The molecule has 0 spiro atoms. The van der Waals surface area contributed by atoms with Gasteiger partial charge < -0.3 is 9.84 Å². The van der Waals surface area contributed by atoms with Crippen molar-refractivity contribution in [2.75, 3.05) is 12.4 Å². The van der Waals surface area contributed by atoms with Gasteiger partial charge in [0.2, 0.25) is 0 Å². The third-order valence-electron chi connectivity index (χ3n) is 2.26. The van der Waals surface area contributed by atoms with Gasteiger partial charge in [-0.2, -0.15) is 0 Å². The predicted octanol–water partition coefficient (Wildman–Crippen LogP) is 2.35. The van der Waals surface area contributed by atoms with Gasteiger partial charge in [-0.15, -0.1) is 11.8 Å². The number of benzene rings is 1. The number of aromatic nitrogens is 2. The van der Waals surface area contributed by atoms with Crippen molar-refractivity contribution in [3.05, 3.63) is 48.4 Å². The lowest BCUT2D eigenvalue weighted by molar-refractivity contribution is 0.0692. The van der Waals surface area contributed by atoms with Gasteiger partial charge in [-0.25, -0.2) is 14.8 Å². The molecular weight excluding hydrogens is 264 g/mol. The van der Waals surface area contributed by atoms with Crippen LogP contribution in [-0.4, -0.2) is 33.4 Å². The number of aromatic carboxylic acids is 1. The van der Waals surface area contributed by atoms with Crippen LogP contribution in [0.5, 0.6) is 5.75 Å². The van der Waals surface area contributed by atoms with Crippen LogP contribution in [0.1, 0.15) is 10.4 Å². The Morgan fingerprint density at radius 3 is 2.89 bits per heavy atom. The Kier molecular flexibility index (Phi) is 4.74. The molecule has 0 amide bonds. The normalized spacial score (nSPS) is 10.1. The van der Waals surface area contributed by atoms with Gasteiger partial charge in [-0.1, -0.05) is 12.1 Å². The van der Waals surface area contributed by atoms with E-state index >= 15 is 0 Å². The van der Waals surface area contributed by atoms with Crippen molar-refractivity contribution in [1.82, 2.24) is 9.97 Å². The highest BCUT2D eigenvalue weighted by atomic mass is 32.2. The molecular formula is C13H12N2O3S. The van der Waals surface area contributed by atoms with Gasteiger partial charge in [0.15, 0.2) is 0 Å². The molecule has 1 aromatic heterocycles. The van der Waals surface area contributed by atoms with Crippen molar-refractivity contribution in [1.29, 1.82) is 0 Å². The first-order valence-corrected chi connectivity index (χ1v) is 6.60. The van der Waals surface area contributed by atoms with Gasteiger partial charge >= 0.3 is 5.97 Å². The summed E-state index contributed by atoms with van der Waals surface area (Å²) in [7, 11) is 0. The van der Waals surface area contributed by atoms with Gasteiger partial charge in [-0.3, -0.25) is 0 Å². The average Bonchev–Trinajstić information content (AvgIpc) is 2.45. The zero-order valence-corrected chi connectivity index (χ0v) is 10.8. The Balaban J connectivity index is 1.85. The Labute approximate surface area is 114 Å². The summed E-state index contributed by atoms with van der Waals surface area (Å²) in [5.74, 6) is 0.0858. The van der Waals surface area contributed by atoms with E-state index in [4.69, 9.17) is 9.84 Å². The Morgan fingerprint density at radius 1 is 1.32 bits per heavy atom. The second-order valence-corrected chi connectivity index (χ2v) is 4.66. The van der Waals surface area contributed by atoms with E-state index < -0.39 is 5.97 Å². The standard InChI is InChI=1S/C13H12N2O3S/c16-13(17)10-3-1-2-4-11(10)18-7-8-19-12-5-6-14-9-15-12/h1-6,9H,7-8H2,(H,16,17). The molecule has 1 aromatic carbocycles. The molecule has 0 aliphatic rings. The van der Waals surface area contributed by atoms with Crippen molar-refractivity contribution in [2.24, 2.45) is 0 Å². The molecule has 0 atom stereocenters. The minimum atomic E-state index is -0.987. The van der Waals surface area contributed by atoms with Gasteiger partial charge in [0.25, 0.3) is 0 Å². The lowest BCUT2D eigenvalue weighted by Crippen LogP contribution is -2.05. The predicted molar refractivity (Wildman–Crippen MR) is 71.7 cm³/mol. The topological polar surface area (TPSA) is 72.3 Å². The smallest absolute Gasteiger partial charge is 0.339 e. The number of hydrogen-bond donors (Lipinski definition) is 1. The van der Waals surface area contributed by atoms with Gasteiger partial charge in [-0.05, 0) is 18.2 Å². The maximum absolute atomic E-state index is 11.0. The minimum Gasteiger partial charge on any atom is -0.492 e. The molecule has 1 heterocycles. The molecule has 19 heavy (non-hydrogen) atoms. The van der Waals surface area contributed by atoms with Crippen molar-refractivity contribution in [3.63, 3.8) is 0 Å². The first-order chi connectivity index (χ1) is 9.27. The van der Waals surface area contributed by atoms with Crippen LogP contribution in [0, 0.1) is 0 Å². The molecule has 0 aliphatic carbocycles. The lowest BCUT2D eigenvalue weighted by atomic mass is 10.2. The summed E-state index contributed by atoms with van der Waals surface area (Å²) in [6.07, 6.45) is 3.17. The number of ether oxygens (including phenoxy) is 1. The monoisotopic (exact) mass is 276 g/mol. The number of hydrogen-bond acceptors (Lipinski definition) is 5. The molecule has 1 N–H and O–H groups in total. The molecule has 0 radical (unpaired) electrons. The van der Waals surface area contributed by atoms with Gasteiger partial charge in [0, 0.05) is 11.9 Å². The number of thioether (sulfide) groups is 1. The molecule has 0 bridgehead atoms. The van der Waals surface area contributed by atoms with E-state index in [-0.39, 0.29) is 5.56 Å². The van der Waals surface area contributed by atoms with Crippen LogP contribution in [0.4, 0.5) is 0 Å². The second-order valence-electron chi connectivity index (χ2n) is 3.55. The van der Waals surface area contributed by atoms with Crippen molar-refractivity contribution >= 4 is 17.7 Å². The number of para-hydroxylation sites is 1. The molecule has 0 unspecified atom stereocenters. The Hall–Kier alpha value is -2.08. The quantitative estimate of drug-likeness (QED) is 0.496. The highest BCUT2D eigenvalue weighted by Crippen LogP contribution is 2.19. The van der Waals surface area contributed by atoms with E-state index in [9.17, 15) is 4.79 Å². The summed E-state index contributed by atoms with van der Waals surface area (Å²) in [6, 6.07) is 8.41. The molecule has 2 aromatic rings. The zero-order chi connectivity index (χ0) is 13.5. The molecule has 0 saturated heterocycles. The molecule has 6 heteroatoms. The van der Waals surface area contributed by atoms with E-state index in [0.717, 1.165) is 5.03 Å². The summed E-state index contributed by atoms with van der Waals surface area (Å²) >= 11 is 1.53. The lowest BCUT2D eigenvalue weighted by Gasteiger charge is -2.08. The van der Waals surface area contributed by atoms with Crippen LogP contribution >= 0.6 is 11.8 Å². The highest BCUT2D eigenvalue weighted by Gasteiger charge is 2.09. The summed E-state index contributed by atoms with van der Waals surface area (Å²) in [6.45, 7) is 0.416. The van der Waals surface area contributed by atoms with Crippen molar-refractivity contribution < 1.29 is 14.6 Å². The third-order valence-corrected chi connectivity index (χ3v) is 3.17. The van der Waals surface area contributed by atoms with Crippen LogP contribution < -0.4 is 4.74 Å². The molecule has 0 saturated carbocycles. The fourth-order valence-electron chi connectivity index (χ4n) is 1.43. The summed E-state index contributed by atoms with van der Waals surface area (Å²) in [5, 5.41) is 9.86. The Bertz CT molecular complexity index is 549. The fraction of sp³-hybridized carbons (Fsp3) is 0.154. The minimum absolute atomic E-state index is 0.175. The zero-order valence-electron chi connectivity index (χ0n) is 10.0. The van der Waals surface area contributed by atoms with Crippen LogP contribution in [0.25, 0.3) is 0 Å². The van der Waals surface area contributed by atoms with E-state index in [0.29, 0.717) is 18.1 Å².